The van der Waals surface area contributed by atoms with Crippen molar-refractivity contribution in [2.75, 3.05) is 0 Å². The zero-order chi connectivity index (χ0) is 11.8. The minimum Gasteiger partial charge on any atom is -0.219 e. The number of fused-ring (bicyclic) bond motifs is 1. The summed E-state index contributed by atoms with van der Waals surface area (Å²) in [7, 11) is 0. The summed E-state index contributed by atoms with van der Waals surface area (Å²) in [5.74, 6) is 0.323. The molecule has 0 aliphatic rings. The Bertz CT molecular complexity index is 676. The summed E-state index contributed by atoms with van der Waals surface area (Å²) in [6.45, 7) is 0. The van der Waals surface area contributed by atoms with Gasteiger partial charge in [-0.25, -0.2) is 13.9 Å². The molecule has 0 N–H and O–H groups in total. The Kier molecular flexibility index (Phi) is 2.40. The molecule has 0 radical (unpaired) electrons. The maximum Gasteiger partial charge on any atom is 0.182 e. The number of benzene rings is 1. The summed E-state index contributed by atoms with van der Waals surface area (Å²) in [6.07, 6.45) is 1.83. The maximum absolute atomic E-state index is 12.8. The first-order valence-corrected chi connectivity index (χ1v) is 5.79. The molecule has 0 atom stereocenters. The van der Waals surface area contributed by atoms with Crippen molar-refractivity contribution in [3.8, 4) is 11.4 Å². The molecular weight excluding hydrogens is 285 g/mol. The van der Waals surface area contributed by atoms with E-state index in [0.29, 0.717) is 5.82 Å². The van der Waals surface area contributed by atoms with Gasteiger partial charge >= 0.3 is 0 Å². The third kappa shape index (κ3) is 1.93. The van der Waals surface area contributed by atoms with Crippen LogP contribution in [0.15, 0.2) is 47.1 Å². The molecule has 2 heterocycles. The van der Waals surface area contributed by atoms with Crippen LogP contribution >= 0.6 is 15.9 Å². The van der Waals surface area contributed by atoms with Crippen molar-refractivity contribution in [1.82, 2.24) is 14.6 Å². The Morgan fingerprint density at radius 3 is 2.59 bits per heavy atom. The summed E-state index contributed by atoms with van der Waals surface area (Å²) < 4.78 is 15.4. The molecule has 3 rings (SSSR count). The zero-order valence-corrected chi connectivity index (χ0v) is 10.2. The minimum atomic E-state index is -0.264. The van der Waals surface area contributed by atoms with Gasteiger partial charge in [0.2, 0.25) is 0 Å². The highest BCUT2D eigenvalue weighted by molar-refractivity contribution is 9.10. The second kappa shape index (κ2) is 3.92. The average molecular weight is 292 g/mol. The van der Waals surface area contributed by atoms with E-state index >= 15 is 0 Å². The molecule has 0 amide bonds. The van der Waals surface area contributed by atoms with Gasteiger partial charge in [0.15, 0.2) is 11.5 Å². The predicted molar refractivity (Wildman–Crippen MR) is 66.1 cm³/mol. The highest BCUT2D eigenvalue weighted by Gasteiger charge is 2.06. The van der Waals surface area contributed by atoms with Crippen LogP contribution in [0.4, 0.5) is 4.39 Å². The van der Waals surface area contributed by atoms with Crippen molar-refractivity contribution in [3.05, 3.63) is 52.9 Å². The van der Waals surface area contributed by atoms with Gasteiger partial charge in [-0.3, -0.25) is 0 Å². The maximum atomic E-state index is 12.8. The van der Waals surface area contributed by atoms with Gasteiger partial charge in [0.1, 0.15) is 5.82 Å². The number of halogens is 2. The van der Waals surface area contributed by atoms with E-state index in [4.69, 9.17) is 0 Å². The van der Waals surface area contributed by atoms with Crippen LogP contribution in [0.1, 0.15) is 0 Å². The van der Waals surface area contributed by atoms with Gasteiger partial charge in [0.05, 0.1) is 0 Å². The fourth-order valence-corrected chi connectivity index (χ4v) is 1.91. The molecule has 3 aromatic rings. The normalized spacial score (nSPS) is 10.9. The molecule has 0 saturated carbocycles. The number of hydrogen-bond acceptors (Lipinski definition) is 2. The van der Waals surface area contributed by atoms with E-state index in [9.17, 15) is 4.39 Å². The minimum absolute atomic E-state index is 0.264. The molecule has 17 heavy (non-hydrogen) atoms. The van der Waals surface area contributed by atoms with Gasteiger partial charge in [-0.2, -0.15) is 0 Å². The van der Waals surface area contributed by atoms with Crippen LogP contribution in [-0.4, -0.2) is 14.6 Å². The first-order chi connectivity index (χ1) is 8.22. The topological polar surface area (TPSA) is 30.2 Å². The van der Waals surface area contributed by atoms with Crippen molar-refractivity contribution < 1.29 is 4.39 Å². The van der Waals surface area contributed by atoms with Crippen LogP contribution in [0.2, 0.25) is 0 Å². The zero-order valence-electron chi connectivity index (χ0n) is 8.64. The third-order valence-corrected chi connectivity index (χ3v) is 2.87. The van der Waals surface area contributed by atoms with Gasteiger partial charge in [-0.1, -0.05) is 0 Å². The summed E-state index contributed by atoms with van der Waals surface area (Å²) in [4.78, 5) is 4.36. The van der Waals surface area contributed by atoms with E-state index in [1.165, 1.54) is 12.1 Å². The Morgan fingerprint density at radius 2 is 1.82 bits per heavy atom. The van der Waals surface area contributed by atoms with Crippen LogP contribution in [0.25, 0.3) is 17.0 Å². The van der Waals surface area contributed by atoms with Gasteiger partial charge in [-0.15, -0.1) is 5.10 Å². The first kappa shape index (κ1) is 10.4. The van der Waals surface area contributed by atoms with E-state index < -0.39 is 0 Å². The van der Waals surface area contributed by atoms with E-state index in [0.717, 1.165) is 15.7 Å². The van der Waals surface area contributed by atoms with Crippen molar-refractivity contribution >= 4 is 21.6 Å². The van der Waals surface area contributed by atoms with Crippen LogP contribution in [0.3, 0.4) is 0 Å². The van der Waals surface area contributed by atoms with Crippen molar-refractivity contribution in [2.24, 2.45) is 0 Å². The van der Waals surface area contributed by atoms with Crippen LogP contribution in [0, 0.1) is 5.82 Å². The fraction of sp³-hybridized carbons (Fsp3) is 0. The molecule has 0 fully saturated rings. The SMILES string of the molecule is Fc1ccc(-c2nc3ccc(Br)cn3n2)cc1. The third-order valence-electron chi connectivity index (χ3n) is 2.40. The first-order valence-electron chi connectivity index (χ1n) is 5.00. The molecule has 2 aromatic heterocycles. The Labute approximate surface area is 105 Å². The molecule has 0 aliphatic carbocycles. The highest BCUT2D eigenvalue weighted by atomic mass is 79.9. The Hall–Kier alpha value is -1.75. The van der Waals surface area contributed by atoms with Crippen LogP contribution < -0.4 is 0 Å². The van der Waals surface area contributed by atoms with Gasteiger partial charge in [-0.05, 0) is 52.3 Å². The van der Waals surface area contributed by atoms with Crippen molar-refractivity contribution in [1.29, 1.82) is 0 Å². The van der Waals surface area contributed by atoms with E-state index in [1.54, 1.807) is 16.6 Å². The van der Waals surface area contributed by atoms with Gasteiger partial charge < -0.3 is 0 Å². The molecule has 0 spiro atoms. The summed E-state index contributed by atoms with van der Waals surface area (Å²) in [6, 6.07) is 9.90. The lowest BCUT2D eigenvalue weighted by atomic mass is 10.2. The molecule has 0 saturated heterocycles. The average Bonchev–Trinajstić information content (AvgIpc) is 2.72. The molecule has 5 heteroatoms. The second-order valence-electron chi connectivity index (χ2n) is 3.59. The number of pyridine rings is 1. The van der Waals surface area contributed by atoms with Crippen LogP contribution in [-0.2, 0) is 0 Å². The second-order valence-corrected chi connectivity index (χ2v) is 4.51. The number of nitrogens with zero attached hydrogens (tertiary/aromatic N) is 3. The number of aromatic nitrogens is 3. The quantitative estimate of drug-likeness (QED) is 0.689. The molecule has 0 aliphatic heterocycles. The van der Waals surface area contributed by atoms with Crippen LogP contribution in [0.5, 0.6) is 0 Å². The van der Waals surface area contributed by atoms with E-state index in [-0.39, 0.29) is 5.82 Å². The monoisotopic (exact) mass is 291 g/mol. The number of hydrogen-bond donors (Lipinski definition) is 0. The highest BCUT2D eigenvalue weighted by Crippen LogP contribution is 2.18. The van der Waals surface area contributed by atoms with Gasteiger partial charge in [0.25, 0.3) is 0 Å². The molecule has 0 unspecified atom stereocenters. The van der Waals surface area contributed by atoms with Crippen molar-refractivity contribution in [3.63, 3.8) is 0 Å². The fourth-order valence-electron chi connectivity index (χ4n) is 1.58. The summed E-state index contributed by atoms with van der Waals surface area (Å²) in [5, 5.41) is 4.33. The lowest BCUT2D eigenvalue weighted by Crippen LogP contribution is -1.86. The standard InChI is InChI=1S/C12H7BrFN3/c13-9-3-6-11-15-12(16-17(11)7-9)8-1-4-10(14)5-2-8/h1-7H. The number of rotatable bonds is 1. The van der Waals surface area contributed by atoms with Crippen molar-refractivity contribution in [2.45, 2.75) is 0 Å². The summed E-state index contributed by atoms with van der Waals surface area (Å²) >= 11 is 3.37. The molecule has 0 bridgehead atoms. The lowest BCUT2D eigenvalue weighted by molar-refractivity contribution is 0.628. The predicted octanol–water partition coefficient (Wildman–Crippen LogP) is 3.30. The summed E-state index contributed by atoms with van der Waals surface area (Å²) in [5.41, 5.74) is 1.55. The molecular formula is C12H7BrFN3. The van der Waals surface area contributed by atoms with Gasteiger partial charge in [0, 0.05) is 16.2 Å². The van der Waals surface area contributed by atoms with E-state index in [2.05, 4.69) is 26.0 Å². The molecule has 3 nitrogen and oxygen atoms in total. The molecule has 84 valence electrons. The van der Waals surface area contributed by atoms with E-state index in [1.807, 2.05) is 18.3 Å². The largest absolute Gasteiger partial charge is 0.219 e. The molecule has 1 aromatic carbocycles. The Balaban J connectivity index is 2.14. The lowest BCUT2D eigenvalue weighted by Gasteiger charge is -1.93. The smallest absolute Gasteiger partial charge is 0.182 e. The Morgan fingerprint density at radius 1 is 1.06 bits per heavy atom.